The van der Waals surface area contributed by atoms with Crippen LogP contribution in [-0.2, 0) is 4.74 Å². The Morgan fingerprint density at radius 1 is 1.09 bits per heavy atom. The van der Waals surface area contributed by atoms with Crippen molar-refractivity contribution in [2.45, 2.75) is 12.6 Å². The molecule has 1 fully saturated rings. The zero-order valence-corrected chi connectivity index (χ0v) is 18.7. The summed E-state index contributed by atoms with van der Waals surface area (Å²) in [7, 11) is 0. The van der Waals surface area contributed by atoms with E-state index in [-0.39, 0.29) is 0 Å². The number of ether oxygens (including phenoxy) is 1. The topological polar surface area (TPSA) is 74.9 Å². The van der Waals surface area contributed by atoms with Crippen LogP contribution in [0.1, 0.15) is 17.5 Å². The molecule has 32 heavy (non-hydrogen) atoms. The first-order chi connectivity index (χ1) is 15.8. The molecule has 0 aliphatic carbocycles. The predicted molar refractivity (Wildman–Crippen MR) is 127 cm³/mol. The Labute approximate surface area is 191 Å². The number of hydrogen-bond acceptors (Lipinski definition) is 7. The van der Waals surface area contributed by atoms with E-state index in [1.54, 1.807) is 11.3 Å². The summed E-state index contributed by atoms with van der Waals surface area (Å²) in [5.41, 5.74) is 4.95. The minimum Gasteiger partial charge on any atom is -0.379 e. The van der Waals surface area contributed by atoms with Gasteiger partial charge in [0.05, 0.1) is 19.4 Å². The van der Waals surface area contributed by atoms with Crippen molar-refractivity contribution in [1.82, 2.24) is 24.8 Å². The molecule has 4 heterocycles. The highest BCUT2D eigenvalue weighted by atomic mass is 32.1. The Morgan fingerprint density at radius 2 is 1.94 bits per heavy atom. The van der Waals surface area contributed by atoms with Crippen LogP contribution in [0.15, 0.2) is 60.4 Å². The van der Waals surface area contributed by atoms with E-state index in [0.717, 1.165) is 78.6 Å². The second-order valence-corrected chi connectivity index (χ2v) is 8.88. The quantitative estimate of drug-likeness (QED) is 0.317. The highest BCUT2D eigenvalue weighted by Gasteiger charge is 2.14. The lowest BCUT2D eigenvalue weighted by molar-refractivity contribution is 0.0367. The molecule has 0 amide bonds. The van der Waals surface area contributed by atoms with E-state index in [1.807, 2.05) is 47.4 Å². The molecule has 1 aromatic carbocycles. The SMILES string of the molecule is OC(NCCCN1CCOCC1)c1cc(-c2cnc3c(-c4ccccc4)cnn3c2)cs1. The predicted octanol–water partition coefficient (Wildman–Crippen LogP) is 3.43. The number of hydrogen-bond donors (Lipinski definition) is 2. The summed E-state index contributed by atoms with van der Waals surface area (Å²) in [6, 6.07) is 12.2. The van der Waals surface area contributed by atoms with Crippen LogP contribution in [0.4, 0.5) is 0 Å². The van der Waals surface area contributed by atoms with E-state index in [9.17, 15) is 5.11 Å². The second-order valence-electron chi connectivity index (χ2n) is 7.94. The normalized spacial score (nSPS) is 15.9. The van der Waals surface area contributed by atoms with Gasteiger partial charge in [0.1, 0.15) is 6.23 Å². The third kappa shape index (κ3) is 4.74. The third-order valence-corrected chi connectivity index (χ3v) is 6.74. The smallest absolute Gasteiger partial charge is 0.162 e. The molecule has 166 valence electrons. The van der Waals surface area contributed by atoms with E-state index in [1.165, 1.54) is 0 Å². The summed E-state index contributed by atoms with van der Waals surface area (Å²) in [6.45, 7) is 5.44. The molecular weight excluding hydrogens is 422 g/mol. The van der Waals surface area contributed by atoms with Crippen LogP contribution in [0.3, 0.4) is 0 Å². The van der Waals surface area contributed by atoms with Gasteiger partial charge in [0.25, 0.3) is 0 Å². The minimum atomic E-state index is -0.662. The van der Waals surface area contributed by atoms with Crippen LogP contribution in [0.2, 0.25) is 0 Å². The Balaban J connectivity index is 1.22. The lowest BCUT2D eigenvalue weighted by Crippen LogP contribution is -2.37. The van der Waals surface area contributed by atoms with E-state index < -0.39 is 6.23 Å². The van der Waals surface area contributed by atoms with E-state index >= 15 is 0 Å². The number of benzene rings is 1. The van der Waals surface area contributed by atoms with Crippen molar-refractivity contribution in [1.29, 1.82) is 0 Å². The number of thiophene rings is 1. The highest BCUT2D eigenvalue weighted by Crippen LogP contribution is 2.30. The van der Waals surface area contributed by atoms with Crippen LogP contribution in [0.25, 0.3) is 27.9 Å². The summed E-state index contributed by atoms with van der Waals surface area (Å²) in [5.74, 6) is 0. The highest BCUT2D eigenvalue weighted by molar-refractivity contribution is 7.10. The lowest BCUT2D eigenvalue weighted by Gasteiger charge is -2.26. The van der Waals surface area contributed by atoms with Gasteiger partial charge in [-0.15, -0.1) is 11.3 Å². The summed E-state index contributed by atoms with van der Waals surface area (Å²) in [4.78, 5) is 7.97. The van der Waals surface area contributed by atoms with E-state index in [4.69, 9.17) is 4.74 Å². The molecule has 2 N–H and O–H groups in total. The number of nitrogens with one attached hydrogen (secondary N) is 1. The number of morpholine rings is 1. The van der Waals surface area contributed by atoms with Crippen LogP contribution in [-0.4, -0.2) is 64.0 Å². The van der Waals surface area contributed by atoms with Crippen molar-refractivity contribution < 1.29 is 9.84 Å². The average molecular weight is 450 g/mol. The number of nitrogens with zero attached hydrogens (tertiary/aromatic N) is 4. The number of aromatic nitrogens is 3. The molecule has 7 nitrogen and oxygen atoms in total. The van der Waals surface area contributed by atoms with Gasteiger partial charge in [0.2, 0.25) is 0 Å². The molecule has 1 aliphatic heterocycles. The third-order valence-electron chi connectivity index (χ3n) is 5.76. The first kappa shape index (κ1) is 21.2. The van der Waals surface area contributed by atoms with Crippen LogP contribution in [0.5, 0.6) is 0 Å². The largest absolute Gasteiger partial charge is 0.379 e. The maximum atomic E-state index is 10.6. The zero-order chi connectivity index (χ0) is 21.8. The first-order valence-electron chi connectivity index (χ1n) is 11.0. The van der Waals surface area contributed by atoms with Crippen LogP contribution in [0, 0.1) is 0 Å². The Kier molecular flexibility index (Phi) is 6.56. The van der Waals surface area contributed by atoms with Crippen molar-refractivity contribution in [2.24, 2.45) is 0 Å². The van der Waals surface area contributed by atoms with Crippen molar-refractivity contribution in [2.75, 3.05) is 39.4 Å². The summed E-state index contributed by atoms with van der Waals surface area (Å²) in [6.07, 6.45) is 6.05. The van der Waals surface area contributed by atoms with Gasteiger partial charge in [-0.3, -0.25) is 10.2 Å². The average Bonchev–Trinajstić information content (AvgIpc) is 3.50. The van der Waals surface area contributed by atoms with E-state index in [0.29, 0.717) is 0 Å². The molecule has 8 heteroatoms. The second kappa shape index (κ2) is 9.89. The molecular formula is C24H27N5O2S. The van der Waals surface area contributed by atoms with Gasteiger partial charge in [-0.25, -0.2) is 9.50 Å². The Hall–Kier alpha value is -2.62. The van der Waals surface area contributed by atoms with Gasteiger partial charge in [0.15, 0.2) is 5.65 Å². The molecule has 1 saturated heterocycles. The van der Waals surface area contributed by atoms with Crippen molar-refractivity contribution in [3.63, 3.8) is 0 Å². The van der Waals surface area contributed by atoms with Gasteiger partial charge in [-0.05, 0) is 42.1 Å². The molecule has 0 radical (unpaired) electrons. The number of aliphatic hydroxyl groups excluding tert-OH is 1. The van der Waals surface area contributed by atoms with E-state index in [2.05, 4.69) is 37.8 Å². The molecule has 3 aromatic heterocycles. The number of rotatable bonds is 8. The van der Waals surface area contributed by atoms with Gasteiger partial charge in [0, 0.05) is 41.5 Å². The molecule has 1 unspecified atom stereocenters. The number of fused-ring (bicyclic) bond motifs is 1. The molecule has 0 bridgehead atoms. The summed E-state index contributed by atoms with van der Waals surface area (Å²) in [5, 5.41) is 20.3. The van der Waals surface area contributed by atoms with Crippen LogP contribution >= 0.6 is 11.3 Å². The molecule has 0 spiro atoms. The summed E-state index contributed by atoms with van der Waals surface area (Å²) < 4.78 is 7.19. The van der Waals surface area contributed by atoms with Gasteiger partial charge in [-0.2, -0.15) is 5.10 Å². The van der Waals surface area contributed by atoms with Gasteiger partial charge < -0.3 is 9.84 Å². The fourth-order valence-electron chi connectivity index (χ4n) is 3.96. The zero-order valence-electron chi connectivity index (χ0n) is 17.9. The molecule has 4 aromatic rings. The Bertz CT molecular complexity index is 1150. The Morgan fingerprint density at radius 3 is 2.78 bits per heavy atom. The summed E-state index contributed by atoms with van der Waals surface area (Å²) >= 11 is 1.55. The monoisotopic (exact) mass is 449 g/mol. The molecule has 1 atom stereocenters. The van der Waals surface area contributed by atoms with Crippen molar-refractivity contribution in [3.8, 4) is 22.3 Å². The minimum absolute atomic E-state index is 0.662. The lowest BCUT2D eigenvalue weighted by atomic mass is 10.1. The fourth-order valence-corrected chi connectivity index (χ4v) is 4.83. The van der Waals surface area contributed by atoms with Gasteiger partial charge in [-0.1, -0.05) is 30.3 Å². The fraction of sp³-hybridized carbons (Fsp3) is 0.333. The standard InChI is InChI=1S/C24H27N5O2S/c30-24(25-7-4-8-28-9-11-31-12-10-28)22-13-19(17-32-22)20-14-26-23-21(15-27-29(23)16-20)18-5-2-1-3-6-18/h1-3,5-6,13-17,24-25,30H,4,7-12H2. The van der Waals surface area contributed by atoms with Gasteiger partial charge >= 0.3 is 0 Å². The van der Waals surface area contributed by atoms with Crippen molar-refractivity contribution >= 4 is 17.0 Å². The first-order valence-corrected chi connectivity index (χ1v) is 11.8. The van der Waals surface area contributed by atoms with Crippen molar-refractivity contribution in [3.05, 3.63) is 65.2 Å². The van der Waals surface area contributed by atoms with Crippen LogP contribution < -0.4 is 5.32 Å². The maximum Gasteiger partial charge on any atom is 0.162 e. The molecule has 5 rings (SSSR count). The molecule has 1 aliphatic rings. The number of aliphatic hydroxyl groups is 1. The maximum absolute atomic E-state index is 10.6. The molecule has 0 saturated carbocycles.